The van der Waals surface area contributed by atoms with Gasteiger partial charge in [0, 0.05) is 38.3 Å². The molecule has 6 nitrogen and oxygen atoms in total. The minimum absolute atomic E-state index is 0.0312. The summed E-state index contributed by atoms with van der Waals surface area (Å²) in [6, 6.07) is 15.6. The molecule has 6 heteroatoms. The third-order valence-corrected chi connectivity index (χ3v) is 7.36. The smallest absolute Gasteiger partial charge is 0.253 e. The molecule has 0 aliphatic carbocycles. The van der Waals surface area contributed by atoms with Crippen LogP contribution in [0.3, 0.4) is 0 Å². The second kappa shape index (κ2) is 9.96. The van der Waals surface area contributed by atoms with E-state index in [0.717, 1.165) is 55.9 Å². The van der Waals surface area contributed by atoms with Crippen LogP contribution in [0.5, 0.6) is 5.75 Å². The Labute approximate surface area is 195 Å². The lowest BCUT2D eigenvalue weighted by atomic mass is 9.80. The Morgan fingerprint density at radius 1 is 0.939 bits per heavy atom. The summed E-state index contributed by atoms with van der Waals surface area (Å²) >= 11 is 0. The molecule has 0 radical (unpaired) electrons. The van der Waals surface area contributed by atoms with Crippen molar-refractivity contribution in [2.75, 3.05) is 38.2 Å². The van der Waals surface area contributed by atoms with Crippen molar-refractivity contribution in [3.8, 4) is 5.75 Å². The predicted molar refractivity (Wildman–Crippen MR) is 127 cm³/mol. The fourth-order valence-electron chi connectivity index (χ4n) is 5.44. The minimum atomic E-state index is 0.0312. The van der Waals surface area contributed by atoms with Crippen LogP contribution in [0.2, 0.25) is 0 Å². The Morgan fingerprint density at radius 2 is 1.76 bits per heavy atom. The number of ether oxygens (including phenoxy) is 2. The maximum absolute atomic E-state index is 13.0. The van der Waals surface area contributed by atoms with Gasteiger partial charge in [0.1, 0.15) is 5.75 Å². The molecule has 33 heavy (non-hydrogen) atoms. The van der Waals surface area contributed by atoms with Crippen molar-refractivity contribution in [2.24, 2.45) is 11.8 Å². The molecule has 3 aliphatic heterocycles. The molecule has 3 heterocycles. The summed E-state index contributed by atoms with van der Waals surface area (Å²) in [5.41, 5.74) is 2.74. The topological polar surface area (TPSA) is 67.9 Å². The van der Waals surface area contributed by atoms with Gasteiger partial charge >= 0.3 is 0 Å². The number of likely N-dealkylation sites (tertiary alicyclic amines) is 1. The maximum Gasteiger partial charge on any atom is 0.253 e. The predicted octanol–water partition coefficient (Wildman–Crippen LogP) is 4.47. The number of anilines is 1. The molecule has 0 saturated carbocycles. The van der Waals surface area contributed by atoms with Gasteiger partial charge in [-0.2, -0.15) is 0 Å². The highest BCUT2D eigenvalue weighted by Gasteiger charge is 2.34. The molecule has 2 aromatic rings. The molecule has 1 N–H and O–H groups in total. The van der Waals surface area contributed by atoms with E-state index in [1.807, 2.05) is 41.3 Å². The lowest BCUT2D eigenvalue weighted by Crippen LogP contribution is -2.45. The van der Waals surface area contributed by atoms with Crippen LogP contribution in [0.4, 0.5) is 5.69 Å². The highest BCUT2D eigenvalue weighted by molar-refractivity contribution is 5.94. The number of rotatable bonds is 2. The first kappa shape index (κ1) is 22.0. The molecule has 174 valence electrons. The zero-order valence-corrected chi connectivity index (χ0v) is 19.0. The molecule has 2 amide bonds. The van der Waals surface area contributed by atoms with Gasteiger partial charge in [0.15, 0.2) is 0 Å². The molecular formula is C27H32N2O4. The SMILES string of the molecule is O=C1C[C@@H]2CCN(C(=O)c3ccccc3)C[C@@H]2CCOc2ccc(C3CCOCC3)cc2N1. The highest BCUT2D eigenvalue weighted by atomic mass is 16.5. The van der Waals surface area contributed by atoms with E-state index in [9.17, 15) is 9.59 Å². The first-order valence-corrected chi connectivity index (χ1v) is 12.2. The summed E-state index contributed by atoms with van der Waals surface area (Å²) in [6.45, 7) is 3.51. The average molecular weight is 449 g/mol. The number of piperidine rings is 1. The molecule has 5 rings (SSSR count). The highest BCUT2D eigenvalue weighted by Crippen LogP contribution is 2.36. The standard InChI is InChI=1S/C27H32N2O4/c30-26-17-22-8-12-29(27(31)20-4-2-1-3-5-20)18-23(22)11-15-33-25-7-6-21(16-24(25)28-26)19-9-13-32-14-10-19/h1-7,16,19,22-23H,8-15,17-18H2,(H,28,30)/t22-,23-/m0/s1. The van der Waals surface area contributed by atoms with E-state index in [2.05, 4.69) is 17.4 Å². The van der Waals surface area contributed by atoms with Crippen LogP contribution in [0, 0.1) is 11.8 Å². The fourth-order valence-corrected chi connectivity index (χ4v) is 5.44. The normalized spacial score (nSPS) is 24.1. The zero-order valence-electron chi connectivity index (χ0n) is 19.0. The van der Waals surface area contributed by atoms with Crippen LogP contribution >= 0.6 is 0 Å². The number of carbonyl (C=O) groups excluding carboxylic acids is 2. The van der Waals surface area contributed by atoms with E-state index in [1.165, 1.54) is 5.56 Å². The molecule has 0 aromatic heterocycles. The number of fused-ring (bicyclic) bond motifs is 2. The summed E-state index contributed by atoms with van der Waals surface area (Å²) in [5.74, 6) is 1.80. The van der Waals surface area contributed by atoms with Crippen LogP contribution in [0.25, 0.3) is 0 Å². The van der Waals surface area contributed by atoms with Crippen LogP contribution in [-0.2, 0) is 9.53 Å². The molecule has 0 unspecified atom stereocenters. The van der Waals surface area contributed by atoms with Gasteiger partial charge in [-0.25, -0.2) is 0 Å². The molecule has 2 fully saturated rings. The van der Waals surface area contributed by atoms with Crippen LogP contribution in [0.15, 0.2) is 48.5 Å². The van der Waals surface area contributed by atoms with Gasteiger partial charge < -0.3 is 19.7 Å². The Kier molecular flexibility index (Phi) is 6.63. The summed E-state index contributed by atoms with van der Waals surface area (Å²) in [6.07, 6.45) is 4.17. The molecule has 2 saturated heterocycles. The summed E-state index contributed by atoms with van der Waals surface area (Å²) in [4.78, 5) is 27.9. The molecule has 2 atom stereocenters. The van der Waals surface area contributed by atoms with Crippen LogP contribution < -0.4 is 10.1 Å². The Morgan fingerprint density at radius 3 is 2.58 bits per heavy atom. The monoisotopic (exact) mass is 448 g/mol. The second-order valence-electron chi connectivity index (χ2n) is 9.46. The van der Waals surface area contributed by atoms with Crippen molar-refractivity contribution >= 4 is 17.5 Å². The fraction of sp³-hybridized carbons (Fsp3) is 0.481. The van der Waals surface area contributed by atoms with Gasteiger partial charge in [-0.1, -0.05) is 24.3 Å². The first-order valence-electron chi connectivity index (χ1n) is 12.2. The van der Waals surface area contributed by atoms with Gasteiger partial charge in [-0.05, 0) is 73.3 Å². The maximum atomic E-state index is 13.0. The number of nitrogens with one attached hydrogen (secondary N) is 1. The van der Waals surface area contributed by atoms with E-state index >= 15 is 0 Å². The number of amides is 2. The van der Waals surface area contributed by atoms with E-state index in [0.29, 0.717) is 32.0 Å². The van der Waals surface area contributed by atoms with Crippen LogP contribution in [0.1, 0.15) is 53.9 Å². The quantitative estimate of drug-likeness (QED) is 0.736. The summed E-state index contributed by atoms with van der Waals surface area (Å²) in [7, 11) is 0. The average Bonchev–Trinajstić information content (AvgIpc) is 2.86. The lowest BCUT2D eigenvalue weighted by molar-refractivity contribution is -0.118. The third-order valence-electron chi connectivity index (χ3n) is 7.36. The van der Waals surface area contributed by atoms with E-state index in [1.54, 1.807) is 0 Å². The number of nitrogens with zero attached hydrogens (tertiary/aromatic N) is 1. The van der Waals surface area contributed by atoms with Crippen LogP contribution in [-0.4, -0.2) is 49.6 Å². The van der Waals surface area contributed by atoms with Crippen molar-refractivity contribution in [2.45, 2.75) is 38.0 Å². The lowest BCUT2D eigenvalue weighted by Gasteiger charge is -2.39. The van der Waals surface area contributed by atoms with Gasteiger partial charge in [0.2, 0.25) is 5.91 Å². The van der Waals surface area contributed by atoms with E-state index in [4.69, 9.17) is 9.47 Å². The van der Waals surface area contributed by atoms with Crippen molar-refractivity contribution < 1.29 is 19.1 Å². The molecule has 3 aliphatic rings. The Balaban J connectivity index is 1.29. The largest absolute Gasteiger partial charge is 0.491 e. The van der Waals surface area contributed by atoms with Crippen molar-refractivity contribution in [3.63, 3.8) is 0 Å². The van der Waals surface area contributed by atoms with Crippen molar-refractivity contribution in [1.82, 2.24) is 4.90 Å². The first-order chi connectivity index (χ1) is 16.2. The van der Waals surface area contributed by atoms with Gasteiger partial charge in [0.05, 0.1) is 12.3 Å². The Bertz CT molecular complexity index is 987. The van der Waals surface area contributed by atoms with E-state index < -0.39 is 0 Å². The number of benzene rings is 2. The number of hydrogen-bond acceptors (Lipinski definition) is 4. The minimum Gasteiger partial charge on any atom is -0.491 e. The second-order valence-corrected chi connectivity index (χ2v) is 9.46. The molecule has 2 aromatic carbocycles. The zero-order chi connectivity index (χ0) is 22.6. The van der Waals surface area contributed by atoms with Crippen molar-refractivity contribution in [1.29, 1.82) is 0 Å². The third kappa shape index (κ3) is 5.06. The van der Waals surface area contributed by atoms with Gasteiger partial charge in [0.25, 0.3) is 5.91 Å². The summed E-state index contributed by atoms with van der Waals surface area (Å²) < 4.78 is 11.6. The van der Waals surface area contributed by atoms with Gasteiger partial charge in [-0.3, -0.25) is 9.59 Å². The Hall–Kier alpha value is -2.86. The number of hydrogen-bond donors (Lipinski definition) is 1. The van der Waals surface area contributed by atoms with Crippen molar-refractivity contribution in [3.05, 3.63) is 59.7 Å². The molecular weight excluding hydrogens is 416 g/mol. The van der Waals surface area contributed by atoms with Gasteiger partial charge in [-0.15, -0.1) is 0 Å². The molecule has 0 spiro atoms. The molecule has 0 bridgehead atoms. The summed E-state index contributed by atoms with van der Waals surface area (Å²) in [5, 5.41) is 3.13. The number of carbonyl (C=O) groups is 2. The van der Waals surface area contributed by atoms with E-state index in [-0.39, 0.29) is 23.7 Å².